The Kier molecular flexibility index (Phi) is 4.31. The number of alkyl halides is 3. The Labute approximate surface area is 174 Å². The normalized spacial score (nSPS) is 15.4. The summed E-state index contributed by atoms with van der Waals surface area (Å²) in [6.07, 6.45) is 2.01. The number of aromatic nitrogens is 7. The first kappa shape index (κ1) is 19.3. The molecule has 0 spiro atoms. The summed E-state index contributed by atoms with van der Waals surface area (Å²) in [4.78, 5) is 22.9. The van der Waals surface area contributed by atoms with Gasteiger partial charge in [-0.15, -0.1) is 0 Å². The summed E-state index contributed by atoms with van der Waals surface area (Å²) < 4.78 is 40.7. The quantitative estimate of drug-likeness (QED) is 0.444. The van der Waals surface area contributed by atoms with E-state index in [2.05, 4.69) is 35.2 Å². The van der Waals surface area contributed by atoms with E-state index in [1.165, 1.54) is 6.20 Å². The summed E-state index contributed by atoms with van der Waals surface area (Å²) in [6, 6.07) is 3.29. The first-order valence-corrected chi connectivity index (χ1v) is 9.62. The molecule has 0 saturated heterocycles. The maximum atomic E-state index is 12.9. The molecule has 9 nitrogen and oxygen atoms in total. The Balaban J connectivity index is 1.47. The van der Waals surface area contributed by atoms with E-state index >= 15 is 0 Å². The maximum Gasteiger partial charge on any atom is 0.449 e. The second-order valence-corrected chi connectivity index (χ2v) is 7.50. The van der Waals surface area contributed by atoms with E-state index in [0.717, 1.165) is 24.2 Å². The van der Waals surface area contributed by atoms with Gasteiger partial charge in [0.15, 0.2) is 5.82 Å². The predicted molar refractivity (Wildman–Crippen MR) is 106 cm³/mol. The van der Waals surface area contributed by atoms with E-state index in [4.69, 9.17) is 5.73 Å². The van der Waals surface area contributed by atoms with Gasteiger partial charge in [-0.1, -0.05) is 0 Å². The van der Waals surface area contributed by atoms with Crippen molar-refractivity contribution in [2.45, 2.75) is 32.0 Å². The van der Waals surface area contributed by atoms with Crippen LogP contribution in [0.5, 0.6) is 0 Å². The lowest BCUT2D eigenvalue weighted by Crippen LogP contribution is -2.17. The first-order chi connectivity index (χ1) is 14.8. The second-order valence-electron chi connectivity index (χ2n) is 7.50. The van der Waals surface area contributed by atoms with Gasteiger partial charge in [-0.05, 0) is 37.8 Å². The van der Waals surface area contributed by atoms with Crippen molar-refractivity contribution in [3.63, 3.8) is 0 Å². The molecule has 1 aliphatic carbocycles. The van der Waals surface area contributed by atoms with E-state index in [-0.39, 0.29) is 17.8 Å². The third kappa shape index (κ3) is 3.76. The van der Waals surface area contributed by atoms with Gasteiger partial charge in [0.2, 0.25) is 17.7 Å². The fourth-order valence-corrected chi connectivity index (χ4v) is 3.49. The average Bonchev–Trinajstić information content (AvgIpc) is 3.31. The monoisotopic (exact) mass is 429 g/mol. The number of rotatable bonds is 5. The molecule has 4 heterocycles. The Bertz CT molecular complexity index is 1260. The molecule has 5 rings (SSSR count). The van der Waals surface area contributed by atoms with Gasteiger partial charge in [-0.2, -0.15) is 28.1 Å². The number of aryl methyl sites for hydroxylation is 1. The number of nitrogens with one attached hydrogen (secondary N) is 2. The SMILES string of the molecule is Cc1ncc2ccc(-c3nc(N)nc(NC(c4cnc(C(F)(F)F)[nH]4)C4CC4)n3)cn12. The van der Waals surface area contributed by atoms with E-state index in [1.807, 2.05) is 29.7 Å². The summed E-state index contributed by atoms with van der Waals surface area (Å²) in [6.45, 7) is 1.88. The Hall–Kier alpha value is -3.70. The van der Waals surface area contributed by atoms with Crippen molar-refractivity contribution >= 4 is 17.4 Å². The molecule has 1 atom stereocenters. The molecule has 0 aliphatic heterocycles. The van der Waals surface area contributed by atoms with E-state index in [9.17, 15) is 13.2 Å². The molecule has 0 amide bonds. The number of nitrogens with two attached hydrogens (primary N) is 1. The van der Waals surface area contributed by atoms with Gasteiger partial charge in [0.05, 0.1) is 29.6 Å². The summed E-state index contributed by atoms with van der Waals surface area (Å²) >= 11 is 0. The van der Waals surface area contributed by atoms with E-state index < -0.39 is 18.0 Å². The van der Waals surface area contributed by atoms with Crippen molar-refractivity contribution in [1.82, 2.24) is 34.3 Å². The van der Waals surface area contributed by atoms with Gasteiger partial charge >= 0.3 is 6.18 Å². The maximum absolute atomic E-state index is 12.9. The van der Waals surface area contributed by atoms with Gasteiger partial charge < -0.3 is 20.4 Å². The number of halogens is 3. The van der Waals surface area contributed by atoms with Gasteiger partial charge in [-0.3, -0.25) is 0 Å². The molecule has 0 bridgehead atoms. The largest absolute Gasteiger partial charge is 0.449 e. The highest BCUT2D eigenvalue weighted by Gasteiger charge is 2.38. The van der Waals surface area contributed by atoms with Crippen LogP contribution in [0.3, 0.4) is 0 Å². The minimum atomic E-state index is -4.54. The highest BCUT2D eigenvalue weighted by atomic mass is 19.4. The number of hydrogen-bond acceptors (Lipinski definition) is 7. The van der Waals surface area contributed by atoms with Crippen LogP contribution in [-0.2, 0) is 6.18 Å². The lowest BCUT2D eigenvalue weighted by molar-refractivity contribution is -0.144. The van der Waals surface area contributed by atoms with Gasteiger partial charge in [0, 0.05) is 11.8 Å². The molecule has 1 fully saturated rings. The fraction of sp³-hybridized carbons (Fsp3) is 0.316. The van der Waals surface area contributed by atoms with Crippen LogP contribution in [0.1, 0.15) is 36.2 Å². The molecular formula is C19H18F3N9. The predicted octanol–water partition coefficient (Wildman–Crippen LogP) is 3.38. The van der Waals surface area contributed by atoms with Crippen LogP contribution in [0.25, 0.3) is 16.9 Å². The molecule has 1 aliphatic rings. The van der Waals surface area contributed by atoms with Crippen LogP contribution in [-0.4, -0.2) is 34.3 Å². The number of H-pyrrole nitrogens is 1. The zero-order chi connectivity index (χ0) is 21.8. The fourth-order valence-electron chi connectivity index (χ4n) is 3.49. The summed E-state index contributed by atoms with van der Waals surface area (Å²) in [5, 5.41) is 3.12. The van der Waals surface area contributed by atoms with Gasteiger partial charge in [-0.25, -0.2) is 9.97 Å². The van der Waals surface area contributed by atoms with Crippen LogP contribution in [0, 0.1) is 12.8 Å². The third-order valence-corrected chi connectivity index (χ3v) is 5.20. The molecule has 4 N–H and O–H groups in total. The zero-order valence-corrected chi connectivity index (χ0v) is 16.4. The molecular weight excluding hydrogens is 411 g/mol. The minimum absolute atomic E-state index is 0.00471. The number of nitrogen functional groups attached to an aromatic ring is 1. The van der Waals surface area contributed by atoms with Crippen LogP contribution in [0.4, 0.5) is 25.1 Å². The number of hydrogen-bond donors (Lipinski definition) is 3. The lowest BCUT2D eigenvalue weighted by Gasteiger charge is -2.17. The standard InChI is InChI=1S/C19H18F3N9/c1-9-24-6-12-5-4-11(8-31(9)12)15-28-17(23)30-18(29-15)27-14(10-2-3-10)13-7-25-16(26-13)19(20,21)22/h4-8,10,14H,2-3H2,1H3,(H,25,26)(H3,23,27,28,29,30). The van der Waals surface area contributed by atoms with Crippen LogP contribution in [0.15, 0.2) is 30.7 Å². The minimum Gasteiger partial charge on any atom is -0.368 e. The topological polar surface area (TPSA) is 123 Å². The van der Waals surface area contributed by atoms with Gasteiger partial charge in [0.25, 0.3) is 0 Å². The third-order valence-electron chi connectivity index (χ3n) is 5.20. The Morgan fingerprint density at radius 1 is 1.16 bits per heavy atom. The molecule has 1 saturated carbocycles. The molecule has 4 aromatic heterocycles. The molecule has 160 valence electrons. The smallest absolute Gasteiger partial charge is 0.368 e. The van der Waals surface area contributed by atoms with Crippen molar-refractivity contribution in [1.29, 1.82) is 0 Å². The lowest BCUT2D eigenvalue weighted by atomic mass is 10.1. The van der Waals surface area contributed by atoms with Crippen LogP contribution < -0.4 is 11.1 Å². The zero-order valence-electron chi connectivity index (χ0n) is 16.4. The van der Waals surface area contributed by atoms with Crippen molar-refractivity contribution in [3.8, 4) is 11.4 Å². The number of pyridine rings is 1. The Morgan fingerprint density at radius 2 is 1.97 bits per heavy atom. The van der Waals surface area contributed by atoms with Gasteiger partial charge in [0.1, 0.15) is 5.82 Å². The molecule has 0 aromatic carbocycles. The molecule has 1 unspecified atom stereocenters. The number of aromatic amines is 1. The van der Waals surface area contributed by atoms with E-state index in [1.54, 1.807) is 6.20 Å². The van der Waals surface area contributed by atoms with Crippen LogP contribution >= 0.6 is 0 Å². The summed E-state index contributed by atoms with van der Waals surface area (Å²) in [7, 11) is 0. The van der Waals surface area contributed by atoms with Crippen molar-refractivity contribution in [2.75, 3.05) is 11.1 Å². The molecule has 12 heteroatoms. The van der Waals surface area contributed by atoms with Crippen molar-refractivity contribution in [3.05, 3.63) is 48.1 Å². The first-order valence-electron chi connectivity index (χ1n) is 9.62. The summed E-state index contributed by atoms with van der Waals surface area (Å²) in [5.74, 6) is 0.462. The summed E-state index contributed by atoms with van der Waals surface area (Å²) in [5.41, 5.74) is 7.85. The number of nitrogens with zero attached hydrogens (tertiary/aromatic N) is 6. The average molecular weight is 429 g/mol. The molecule has 4 aromatic rings. The Morgan fingerprint density at radius 3 is 2.68 bits per heavy atom. The highest BCUT2D eigenvalue weighted by molar-refractivity contribution is 5.61. The molecule has 31 heavy (non-hydrogen) atoms. The van der Waals surface area contributed by atoms with Crippen LogP contribution in [0.2, 0.25) is 0 Å². The number of imidazole rings is 2. The van der Waals surface area contributed by atoms with E-state index in [0.29, 0.717) is 17.1 Å². The highest BCUT2D eigenvalue weighted by Crippen LogP contribution is 2.42. The second kappa shape index (κ2) is 6.93. The van der Waals surface area contributed by atoms with Crippen molar-refractivity contribution < 1.29 is 13.2 Å². The number of fused-ring (bicyclic) bond motifs is 1. The van der Waals surface area contributed by atoms with Crippen molar-refractivity contribution in [2.24, 2.45) is 5.92 Å². The number of anilines is 2. The molecule has 0 radical (unpaired) electrons.